The van der Waals surface area contributed by atoms with Crippen LogP contribution in [0, 0.1) is 18.3 Å². The number of nitriles is 1. The second-order valence-corrected chi connectivity index (χ2v) is 6.71. The number of rotatable bonds is 7. The van der Waals surface area contributed by atoms with Crippen LogP contribution in [0.15, 0.2) is 6.07 Å². The fraction of sp³-hybridized carbons (Fsp3) is 0.722. The predicted octanol–water partition coefficient (Wildman–Crippen LogP) is 2.18. The van der Waals surface area contributed by atoms with Crippen molar-refractivity contribution in [2.45, 2.75) is 52.4 Å². The van der Waals surface area contributed by atoms with E-state index >= 15 is 0 Å². The lowest BCUT2D eigenvalue weighted by Crippen LogP contribution is -2.45. The molecule has 1 aromatic rings. The van der Waals surface area contributed by atoms with Crippen molar-refractivity contribution in [2.24, 2.45) is 7.05 Å². The number of morpholine rings is 1. The second kappa shape index (κ2) is 8.49. The van der Waals surface area contributed by atoms with Gasteiger partial charge in [-0.2, -0.15) is 5.26 Å². The molecule has 0 radical (unpaired) electrons. The van der Waals surface area contributed by atoms with Crippen molar-refractivity contribution in [3.8, 4) is 6.07 Å². The maximum Gasteiger partial charge on any atom is 0.120 e. The van der Waals surface area contributed by atoms with Gasteiger partial charge >= 0.3 is 0 Å². The van der Waals surface area contributed by atoms with Crippen molar-refractivity contribution in [1.29, 1.82) is 5.26 Å². The molecule has 0 spiro atoms. The summed E-state index contributed by atoms with van der Waals surface area (Å²) in [6.07, 6.45) is 3.10. The molecular weight excluding hydrogens is 288 g/mol. The molecular formula is C18H30N4O. The first-order chi connectivity index (χ1) is 11.0. The van der Waals surface area contributed by atoms with E-state index in [4.69, 9.17) is 10.00 Å². The highest BCUT2D eigenvalue weighted by atomic mass is 16.5. The molecule has 2 rings (SSSR count). The van der Waals surface area contributed by atoms with Gasteiger partial charge in [-0.1, -0.05) is 0 Å². The average Bonchev–Trinajstić information content (AvgIpc) is 2.77. The molecule has 0 unspecified atom stereocenters. The van der Waals surface area contributed by atoms with Gasteiger partial charge in [0.25, 0.3) is 0 Å². The summed E-state index contributed by atoms with van der Waals surface area (Å²) in [5.74, 6) is 0. The monoisotopic (exact) mass is 318 g/mol. The zero-order valence-corrected chi connectivity index (χ0v) is 14.9. The van der Waals surface area contributed by atoms with Gasteiger partial charge in [0.15, 0.2) is 0 Å². The molecule has 1 saturated heterocycles. The largest absolute Gasteiger partial charge is 0.373 e. The van der Waals surface area contributed by atoms with Gasteiger partial charge < -0.3 is 14.6 Å². The Hall–Kier alpha value is -1.35. The zero-order chi connectivity index (χ0) is 16.8. The molecule has 1 aliphatic heterocycles. The molecule has 1 fully saturated rings. The molecule has 0 bridgehead atoms. The van der Waals surface area contributed by atoms with Crippen LogP contribution in [0.1, 0.15) is 43.6 Å². The van der Waals surface area contributed by atoms with E-state index in [-0.39, 0.29) is 0 Å². The quantitative estimate of drug-likeness (QED) is 0.783. The second-order valence-electron chi connectivity index (χ2n) is 6.71. The number of hydrogen-bond acceptors (Lipinski definition) is 4. The summed E-state index contributed by atoms with van der Waals surface area (Å²) >= 11 is 0. The summed E-state index contributed by atoms with van der Waals surface area (Å²) in [5.41, 5.74) is 3.13. The first kappa shape index (κ1) is 18.0. The van der Waals surface area contributed by atoms with Crippen LogP contribution in [0.5, 0.6) is 0 Å². The summed E-state index contributed by atoms with van der Waals surface area (Å²) < 4.78 is 7.72. The molecule has 128 valence electrons. The fourth-order valence-electron chi connectivity index (χ4n) is 3.32. The maximum atomic E-state index is 9.05. The fourth-order valence-corrected chi connectivity index (χ4v) is 3.32. The van der Waals surface area contributed by atoms with Gasteiger partial charge in [0.1, 0.15) is 11.8 Å². The highest BCUT2D eigenvalue weighted by Crippen LogP contribution is 2.13. The molecule has 1 N–H and O–H groups in total. The van der Waals surface area contributed by atoms with E-state index in [1.165, 1.54) is 24.1 Å². The normalized spacial score (nSPS) is 22.2. The number of ether oxygens (including phenoxy) is 1. The lowest BCUT2D eigenvalue weighted by Gasteiger charge is -2.35. The number of nitrogens with zero attached hydrogens (tertiary/aromatic N) is 3. The molecule has 2 atom stereocenters. The summed E-state index contributed by atoms with van der Waals surface area (Å²) in [6, 6.07) is 4.22. The molecule has 1 aliphatic rings. The highest BCUT2D eigenvalue weighted by Gasteiger charge is 2.21. The number of unbranched alkanes of at least 4 members (excludes halogenated alkanes) is 1. The van der Waals surface area contributed by atoms with Crippen LogP contribution in [-0.2, 0) is 18.3 Å². The zero-order valence-electron chi connectivity index (χ0n) is 14.9. The van der Waals surface area contributed by atoms with E-state index in [2.05, 4.69) is 37.1 Å². The lowest BCUT2D eigenvalue weighted by molar-refractivity contribution is -0.0681. The highest BCUT2D eigenvalue weighted by molar-refractivity contribution is 5.33. The van der Waals surface area contributed by atoms with Crippen molar-refractivity contribution >= 4 is 0 Å². The van der Waals surface area contributed by atoms with Crippen LogP contribution in [0.3, 0.4) is 0 Å². The standard InChI is InChI=1S/C18H30N4O/c1-14-12-22(13-15(2)23-14)8-6-5-7-20-11-17-9-18(10-19)21(4)16(17)3/h9,14-15,20H,5-8,11-13H2,1-4H3/t14-,15+. The van der Waals surface area contributed by atoms with E-state index in [1.54, 1.807) is 0 Å². The molecule has 5 nitrogen and oxygen atoms in total. The number of hydrogen-bond donors (Lipinski definition) is 1. The Balaban J connectivity index is 1.62. The van der Waals surface area contributed by atoms with Gasteiger partial charge in [-0.3, -0.25) is 4.90 Å². The average molecular weight is 318 g/mol. The predicted molar refractivity (Wildman–Crippen MR) is 92.3 cm³/mol. The molecule has 0 aliphatic carbocycles. The lowest BCUT2D eigenvalue weighted by atomic mass is 10.2. The van der Waals surface area contributed by atoms with Crippen molar-refractivity contribution < 1.29 is 4.74 Å². The van der Waals surface area contributed by atoms with Crippen LogP contribution in [-0.4, -0.2) is 47.9 Å². The van der Waals surface area contributed by atoms with Crippen molar-refractivity contribution in [2.75, 3.05) is 26.2 Å². The minimum atomic E-state index is 0.354. The third kappa shape index (κ3) is 5.07. The third-order valence-electron chi connectivity index (χ3n) is 4.64. The summed E-state index contributed by atoms with van der Waals surface area (Å²) in [6.45, 7) is 11.5. The van der Waals surface area contributed by atoms with Crippen molar-refractivity contribution in [3.63, 3.8) is 0 Å². The Bertz CT molecular complexity index is 536. The van der Waals surface area contributed by atoms with Crippen LogP contribution in [0.4, 0.5) is 0 Å². The minimum Gasteiger partial charge on any atom is -0.373 e. The van der Waals surface area contributed by atoms with Crippen LogP contribution >= 0.6 is 0 Å². The van der Waals surface area contributed by atoms with Crippen LogP contribution < -0.4 is 5.32 Å². The minimum absolute atomic E-state index is 0.354. The van der Waals surface area contributed by atoms with E-state index in [1.807, 2.05) is 17.7 Å². The van der Waals surface area contributed by atoms with Crippen molar-refractivity contribution in [3.05, 3.63) is 23.0 Å². The van der Waals surface area contributed by atoms with Gasteiger partial charge in [-0.15, -0.1) is 0 Å². The van der Waals surface area contributed by atoms with E-state index < -0.39 is 0 Å². The molecule has 1 aromatic heterocycles. The Morgan fingerprint density at radius 1 is 1.30 bits per heavy atom. The molecule has 0 aromatic carbocycles. The van der Waals surface area contributed by atoms with Gasteiger partial charge in [-0.05, 0) is 58.3 Å². The van der Waals surface area contributed by atoms with Crippen molar-refractivity contribution in [1.82, 2.24) is 14.8 Å². The third-order valence-corrected chi connectivity index (χ3v) is 4.64. The number of aromatic nitrogens is 1. The smallest absolute Gasteiger partial charge is 0.120 e. The molecule has 23 heavy (non-hydrogen) atoms. The van der Waals surface area contributed by atoms with Gasteiger partial charge in [-0.25, -0.2) is 0 Å². The first-order valence-corrected chi connectivity index (χ1v) is 8.65. The Kier molecular flexibility index (Phi) is 6.64. The molecule has 0 saturated carbocycles. The Labute approximate surface area is 140 Å². The Morgan fingerprint density at radius 3 is 2.61 bits per heavy atom. The summed E-state index contributed by atoms with van der Waals surface area (Å²) in [4.78, 5) is 2.51. The van der Waals surface area contributed by atoms with Crippen LogP contribution in [0.2, 0.25) is 0 Å². The molecule has 5 heteroatoms. The van der Waals surface area contributed by atoms with Crippen LogP contribution in [0.25, 0.3) is 0 Å². The van der Waals surface area contributed by atoms with Gasteiger partial charge in [0, 0.05) is 32.4 Å². The van der Waals surface area contributed by atoms with E-state index in [0.717, 1.165) is 38.4 Å². The first-order valence-electron chi connectivity index (χ1n) is 8.65. The van der Waals surface area contributed by atoms with E-state index in [0.29, 0.717) is 12.2 Å². The Morgan fingerprint density at radius 2 is 2.00 bits per heavy atom. The van der Waals surface area contributed by atoms with E-state index in [9.17, 15) is 0 Å². The summed E-state index contributed by atoms with van der Waals surface area (Å²) in [7, 11) is 1.95. The maximum absolute atomic E-state index is 9.05. The SMILES string of the molecule is Cc1c(CNCCCCN2C[C@@H](C)O[C@@H](C)C2)cc(C#N)n1C. The van der Waals surface area contributed by atoms with Gasteiger partial charge in [0.05, 0.1) is 12.2 Å². The number of nitrogens with one attached hydrogen (secondary N) is 1. The van der Waals surface area contributed by atoms with Gasteiger partial charge in [0.2, 0.25) is 0 Å². The topological polar surface area (TPSA) is 53.2 Å². The summed E-state index contributed by atoms with van der Waals surface area (Å²) in [5, 5.41) is 12.6. The molecule has 0 amide bonds. The molecule has 2 heterocycles.